The summed E-state index contributed by atoms with van der Waals surface area (Å²) in [6.07, 6.45) is 0. The number of rotatable bonds is 4. The molecule has 0 aliphatic heterocycles. The smallest absolute Gasteiger partial charge is 0.212 e. The summed E-state index contributed by atoms with van der Waals surface area (Å²) in [5.41, 5.74) is 0. The maximum atomic E-state index is 10.9. The highest BCUT2D eigenvalue weighted by atomic mass is 79.9. The van der Waals surface area contributed by atoms with Crippen LogP contribution in [0.25, 0.3) is 0 Å². The van der Waals surface area contributed by atoms with E-state index < -0.39 is 10.0 Å². The molecule has 0 aliphatic carbocycles. The highest BCUT2D eigenvalue weighted by molar-refractivity contribution is 9.10. The van der Waals surface area contributed by atoms with Crippen molar-refractivity contribution in [2.24, 2.45) is 0 Å². The van der Waals surface area contributed by atoms with E-state index in [4.69, 9.17) is 0 Å². The molecule has 0 aliphatic rings. The molecular weight excluding hydrogens is 262 g/mol. The van der Waals surface area contributed by atoms with E-state index in [9.17, 15) is 8.42 Å². The predicted molar refractivity (Wildman–Crippen MR) is 53.9 cm³/mol. The van der Waals surface area contributed by atoms with Crippen LogP contribution < -0.4 is 4.72 Å². The fourth-order valence-electron chi connectivity index (χ4n) is 0.633. The van der Waals surface area contributed by atoms with Gasteiger partial charge in [0.05, 0.1) is 0 Å². The summed E-state index contributed by atoms with van der Waals surface area (Å²) in [5, 5.41) is 1.91. The van der Waals surface area contributed by atoms with Gasteiger partial charge in [-0.25, -0.2) is 13.1 Å². The highest BCUT2D eigenvalue weighted by Gasteiger charge is 2.06. The van der Waals surface area contributed by atoms with Crippen molar-refractivity contribution in [3.8, 4) is 0 Å². The van der Waals surface area contributed by atoms with Crippen molar-refractivity contribution in [3.05, 3.63) is 22.4 Å². The van der Waals surface area contributed by atoms with Gasteiger partial charge in [0.1, 0.15) is 4.66 Å². The third kappa shape index (κ3) is 3.22. The predicted octanol–water partition coefficient (Wildman–Crippen LogP) is 1.52. The average Bonchev–Trinajstić information content (AvgIpc) is 2.53. The van der Waals surface area contributed by atoms with E-state index in [1.165, 1.54) is 11.3 Å². The van der Waals surface area contributed by atoms with Crippen LogP contribution in [-0.4, -0.2) is 13.1 Å². The van der Waals surface area contributed by atoms with Gasteiger partial charge in [-0.05, 0) is 11.4 Å². The number of alkyl halides is 1. The zero-order valence-corrected chi connectivity index (χ0v) is 9.38. The fraction of sp³-hybridized carbons (Fsp3) is 0.333. The largest absolute Gasteiger partial charge is 0.221 e. The van der Waals surface area contributed by atoms with E-state index in [1.54, 1.807) is 0 Å². The molecule has 0 amide bonds. The Kier molecular flexibility index (Phi) is 3.70. The van der Waals surface area contributed by atoms with E-state index in [2.05, 4.69) is 20.7 Å². The SMILES string of the molecule is O=S(=O)(CBr)NCc1cccs1. The summed E-state index contributed by atoms with van der Waals surface area (Å²) in [4.78, 5) is 1.01. The molecule has 0 unspecified atom stereocenters. The molecule has 68 valence electrons. The first-order valence-corrected chi connectivity index (χ1v) is 6.85. The molecule has 0 fully saturated rings. The molecule has 3 nitrogen and oxygen atoms in total. The van der Waals surface area contributed by atoms with E-state index >= 15 is 0 Å². The molecule has 1 heterocycles. The Morgan fingerprint density at radius 1 is 1.58 bits per heavy atom. The lowest BCUT2D eigenvalue weighted by Crippen LogP contribution is -2.23. The summed E-state index contributed by atoms with van der Waals surface area (Å²) in [6.45, 7) is 0.381. The molecule has 12 heavy (non-hydrogen) atoms. The third-order valence-electron chi connectivity index (χ3n) is 1.19. The zero-order chi connectivity index (χ0) is 9.03. The molecule has 0 atom stereocenters. The fourth-order valence-corrected chi connectivity index (χ4v) is 2.31. The van der Waals surface area contributed by atoms with Crippen molar-refractivity contribution in [1.29, 1.82) is 0 Å². The lowest BCUT2D eigenvalue weighted by atomic mass is 10.5. The summed E-state index contributed by atoms with van der Waals surface area (Å²) in [6, 6.07) is 3.78. The Morgan fingerprint density at radius 2 is 2.33 bits per heavy atom. The molecule has 0 saturated heterocycles. The van der Waals surface area contributed by atoms with Gasteiger partial charge in [-0.3, -0.25) is 0 Å². The highest BCUT2D eigenvalue weighted by Crippen LogP contribution is 2.08. The lowest BCUT2D eigenvalue weighted by molar-refractivity contribution is 0.587. The van der Waals surface area contributed by atoms with Crippen LogP contribution in [0.1, 0.15) is 4.88 Å². The van der Waals surface area contributed by atoms with Crippen molar-refractivity contribution in [2.75, 3.05) is 4.66 Å². The summed E-state index contributed by atoms with van der Waals surface area (Å²) in [7, 11) is -3.12. The van der Waals surface area contributed by atoms with Gasteiger partial charge < -0.3 is 0 Å². The normalized spacial score (nSPS) is 11.8. The van der Waals surface area contributed by atoms with Crippen molar-refractivity contribution in [2.45, 2.75) is 6.54 Å². The van der Waals surface area contributed by atoms with Crippen LogP contribution in [0.4, 0.5) is 0 Å². The molecule has 0 bridgehead atoms. The molecular formula is C6H8BrNO2S2. The average molecular weight is 270 g/mol. The van der Waals surface area contributed by atoms with Gasteiger partial charge in [0.15, 0.2) is 0 Å². The van der Waals surface area contributed by atoms with Crippen LogP contribution in [-0.2, 0) is 16.6 Å². The van der Waals surface area contributed by atoms with E-state index in [1.807, 2.05) is 17.5 Å². The second kappa shape index (κ2) is 4.36. The molecule has 6 heteroatoms. The maximum absolute atomic E-state index is 10.9. The second-order valence-corrected chi connectivity index (χ2v) is 6.27. The van der Waals surface area contributed by atoms with Crippen LogP contribution in [0.2, 0.25) is 0 Å². The van der Waals surface area contributed by atoms with Gasteiger partial charge >= 0.3 is 0 Å². The van der Waals surface area contributed by atoms with Crippen molar-refractivity contribution < 1.29 is 8.42 Å². The topological polar surface area (TPSA) is 46.2 Å². The molecule has 1 rings (SSSR count). The Hall–Kier alpha value is 0.0900. The quantitative estimate of drug-likeness (QED) is 0.843. The van der Waals surface area contributed by atoms with Crippen LogP contribution in [0.5, 0.6) is 0 Å². The van der Waals surface area contributed by atoms with Gasteiger partial charge in [-0.1, -0.05) is 22.0 Å². The Balaban J connectivity index is 2.47. The van der Waals surface area contributed by atoms with Gasteiger partial charge in [-0.15, -0.1) is 11.3 Å². The number of sulfonamides is 1. The number of hydrogen-bond acceptors (Lipinski definition) is 3. The molecule has 1 aromatic rings. The lowest BCUT2D eigenvalue weighted by Gasteiger charge is -2.00. The molecule has 0 radical (unpaired) electrons. The number of thiophene rings is 1. The molecule has 0 aromatic carbocycles. The monoisotopic (exact) mass is 269 g/mol. The first-order valence-electron chi connectivity index (χ1n) is 3.20. The minimum Gasteiger partial charge on any atom is -0.212 e. The maximum Gasteiger partial charge on any atom is 0.221 e. The summed E-state index contributed by atoms with van der Waals surface area (Å²) >= 11 is 4.42. The number of hydrogen-bond donors (Lipinski definition) is 1. The standard InChI is InChI=1S/C6H8BrNO2S2/c7-5-12(9,10)8-4-6-2-1-3-11-6/h1-3,8H,4-5H2. The molecule has 0 saturated carbocycles. The Bertz CT molecular complexity index is 319. The van der Waals surface area contributed by atoms with Crippen molar-refractivity contribution >= 4 is 37.3 Å². The second-order valence-electron chi connectivity index (χ2n) is 2.12. The minimum absolute atomic E-state index is 0.0502. The number of halogens is 1. The van der Waals surface area contributed by atoms with Gasteiger partial charge in [0.25, 0.3) is 0 Å². The zero-order valence-electron chi connectivity index (χ0n) is 6.16. The van der Waals surface area contributed by atoms with E-state index in [-0.39, 0.29) is 4.66 Å². The van der Waals surface area contributed by atoms with Crippen LogP contribution in [0.15, 0.2) is 17.5 Å². The molecule has 0 spiro atoms. The Morgan fingerprint density at radius 3 is 2.83 bits per heavy atom. The third-order valence-corrected chi connectivity index (χ3v) is 4.75. The van der Waals surface area contributed by atoms with Crippen molar-refractivity contribution in [3.63, 3.8) is 0 Å². The van der Waals surface area contributed by atoms with E-state index in [0.29, 0.717) is 6.54 Å². The van der Waals surface area contributed by atoms with Gasteiger partial charge in [-0.2, -0.15) is 0 Å². The first-order chi connectivity index (χ1) is 5.64. The van der Waals surface area contributed by atoms with E-state index in [0.717, 1.165) is 4.88 Å². The van der Waals surface area contributed by atoms with Gasteiger partial charge in [0.2, 0.25) is 10.0 Å². The first kappa shape index (κ1) is 10.2. The Labute approximate surface area is 84.0 Å². The minimum atomic E-state index is -3.12. The van der Waals surface area contributed by atoms with Gasteiger partial charge in [0, 0.05) is 11.4 Å². The molecule has 1 aromatic heterocycles. The van der Waals surface area contributed by atoms with Crippen molar-refractivity contribution in [1.82, 2.24) is 4.72 Å². The summed E-state index contributed by atoms with van der Waals surface area (Å²) < 4.78 is 24.3. The number of nitrogens with one attached hydrogen (secondary N) is 1. The van der Waals surface area contributed by atoms with Crippen LogP contribution in [0, 0.1) is 0 Å². The van der Waals surface area contributed by atoms with Crippen LogP contribution >= 0.6 is 27.3 Å². The van der Waals surface area contributed by atoms with Crippen LogP contribution in [0.3, 0.4) is 0 Å². The molecule has 1 N–H and O–H groups in total. The summed E-state index contributed by atoms with van der Waals surface area (Å²) in [5.74, 6) is 0.